The first-order valence-electron chi connectivity index (χ1n) is 4.64. The van der Waals surface area contributed by atoms with Gasteiger partial charge in [0.05, 0.1) is 6.07 Å². The third-order valence-electron chi connectivity index (χ3n) is 1.85. The zero-order valence-corrected chi connectivity index (χ0v) is 10.1. The number of halogens is 2. The molecule has 15 heavy (non-hydrogen) atoms. The summed E-state index contributed by atoms with van der Waals surface area (Å²) in [7, 11) is 0. The molecule has 1 aromatic carbocycles. The van der Waals surface area contributed by atoms with Crippen LogP contribution in [0.5, 0.6) is 0 Å². The zero-order valence-electron chi connectivity index (χ0n) is 8.59. The molecule has 0 aliphatic heterocycles. The molecule has 0 aliphatic carbocycles. The van der Waals surface area contributed by atoms with Crippen LogP contribution in [0.1, 0.15) is 25.5 Å². The highest BCUT2D eigenvalue weighted by Gasteiger charge is 2.12. The van der Waals surface area contributed by atoms with Gasteiger partial charge in [0, 0.05) is 16.1 Å². The smallest absolute Gasteiger partial charge is 0.121 e. The van der Waals surface area contributed by atoms with E-state index in [0.29, 0.717) is 10.0 Å². The Labute approximate surface area is 99.8 Å². The summed E-state index contributed by atoms with van der Waals surface area (Å²) in [5.74, 6) is 0. The highest BCUT2D eigenvalue weighted by atomic mass is 35.5. The third-order valence-corrected chi connectivity index (χ3v) is 2.28. The number of nitriles is 1. The van der Waals surface area contributed by atoms with Crippen LogP contribution in [0.4, 0.5) is 0 Å². The van der Waals surface area contributed by atoms with Crippen molar-refractivity contribution in [3.63, 3.8) is 0 Å². The van der Waals surface area contributed by atoms with Crippen molar-refractivity contribution in [3.05, 3.63) is 33.8 Å². The quantitative estimate of drug-likeness (QED) is 0.880. The maximum atomic E-state index is 9.01. The lowest BCUT2D eigenvalue weighted by Gasteiger charge is -2.15. The monoisotopic (exact) mass is 242 g/mol. The van der Waals surface area contributed by atoms with E-state index in [1.54, 1.807) is 18.2 Å². The number of nitrogens with one attached hydrogen (secondary N) is 1. The van der Waals surface area contributed by atoms with Gasteiger partial charge < -0.3 is 0 Å². The summed E-state index contributed by atoms with van der Waals surface area (Å²) in [5, 5.41) is 13.2. The molecule has 1 aromatic rings. The number of benzene rings is 1. The van der Waals surface area contributed by atoms with Crippen LogP contribution < -0.4 is 5.32 Å². The van der Waals surface area contributed by atoms with E-state index in [1.165, 1.54) is 0 Å². The topological polar surface area (TPSA) is 35.8 Å². The lowest BCUT2D eigenvalue weighted by Crippen LogP contribution is -2.27. The van der Waals surface area contributed by atoms with Gasteiger partial charge in [-0.05, 0) is 37.6 Å². The molecule has 0 bridgehead atoms. The van der Waals surface area contributed by atoms with E-state index in [9.17, 15) is 0 Å². The van der Waals surface area contributed by atoms with E-state index in [4.69, 9.17) is 28.5 Å². The minimum Gasteiger partial charge on any atom is -0.296 e. The molecular formula is C11H12Cl2N2. The Morgan fingerprint density at radius 3 is 2.13 bits per heavy atom. The maximum absolute atomic E-state index is 9.01. The third kappa shape index (κ3) is 3.71. The van der Waals surface area contributed by atoms with Crippen molar-refractivity contribution >= 4 is 23.2 Å². The Bertz CT molecular complexity index is 362. The van der Waals surface area contributed by atoms with E-state index < -0.39 is 0 Å². The number of rotatable bonds is 3. The van der Waals surface area contributed by atoms with Crippen molar-refractivity contribution < 1.29 is 0 Å². The Morgan fingerprint density at radius 2 is 1.73 bits per heavy atom. The predicted octanol–water partition coefficient (Wildman–Crippen LogP) is 3.56. The lowest BCUT2D eigenvalue weighted by molar-refractivity contribution is 0.546. The molecule has 1 atom stereocenters. The molecule has 1 unspecified atom stereocenters. The number of hydrogen-bond donors (Lipinski definition) is 1. The van der Waals surface area contributed by atoms with Crippen molar-refractivity contribution in [2.75, 3.05) is 0 Å². The van der Waals surface area contributed by atoms with Gasteiger partial charge in [0.15, 0.2) is 0 Å². The van der Waals surface area contributed by atoms with E-state index in [2.05, 4.69) is 11.4 Å². The van der Waals surface area contributed by atoms with Gasteiger partial charge in [0.2, 0.25) is 0 Å². The fourth-order valence-corrected chi connectivity index (χ4v) is 1.83. The van der Waals surface area contributed by atoms with Crippen LogP contribution in [0.2, 0.25) is 10.0 Å². The highest BCUT2D eigenvalue weighted by Crippen LogP contribution is 2.23. The molecule has 80 valence electrons. The molecule has 0 heterocycles. The van der Waals surface area contributed by atoms with E-state index in [1.807, 2.05) is 13.8 Å². The largest absolute Gasteiger partial charge is 0.296 e. The van der Waals surface area contributed by atoms with Crippen LogP contribution in [-0.2, 0) is 0 Å². The first-order chi connectivity index (χ1) is 7.02. The summed E-state index contributed by atoms with van der Waals surface area (Å²) < 4.78 is 0. The minimum absolute atomic E-state index is 0.229. The van der Waals surface area contributed by atoms with E-state index >= 15 is 0 Å². The van der Waals surface area contributed by atoms with Gasteiger partial charge >= 0.3 is 0 Å². The van der Waals surface area contributed by atoms with Crippen molar-refractivity contribution in [2.24, 2.45) is 0 Å². The van der Waals surface area contributed by atoms with Gasteiger partial charge in [-0.2, -0.15) is 5.26 Å². The van der Waals surface area contributed by atoms with E-state index in [0.717, 1.165) is 5.56 Å². The second-order valence-electron chi connectivity index (χ2n) is 3.59. The van der Waals surface area contributed by atoms with Gasteiger partial charge in [0.1, 0.15) is 6.04 Å². The zero-order chi connectivity index (χ0) is 11.4. The molecule has 0 amide bonds. The Balaban J connectivity index is 2.97. The molecule has 0 aromatic heterocycles. The van der Waals surface area contributed by atoms with Crippen molar-refractivity contribution in [3.8, 4) is 6.07 Å². The maximum Gasteiger partial charge on any atom is 0.121 e. The van der Waals surface area contributed by atoms with Crippen LogP contribution in [0.3, 0.4) is 0 Å². The molecule has 0 aliphatic rings. The van der Waals surface area contributed by atoms with Crippen molar-refractivity contribution in [2.45, 2.75) is 25.9 Å². The van der Waals surface area contributed by atoms with Crippen LogP contribution in [-0.4, -0.2) is 6.04 Å². The molecule has 0 radical (unpaired) electrons. The summed E-state index contributed by atoms with van der Waals surface area (Å²) >= 11 is 11.7. The summed E-state index contributed by atoms with van der Waals surface area (Å²) in [5.41, 5.74) is 0.795. The van der Waals surface area contributed by atoms with E-state index in [-0.39, 0.29) is 12.1 Å². The van der Waals surface area contributed by atoms with Gasteiger partial charge in [-0.1, -0.05) is 23.2 Å². The number of hydrogen-bond acceptors (Lipinski definition) is 2. The average Bonchev–Trinajstić information content (AvgIpc) is 2.12. The summed E-state index contributed by atoms with van der Waals surface area (Å²) in [6.07, 6.45) is 0. The normalized spacial score (nSPS) is 12.5. The summed E-state index contributed by atoms with van der Waals surface area (Å²) in [6, 6.07) is 7.17. The molecule has 0 fully saturated rings. The molecule has 1 rings (SSSR count). The Kier molecular flexibility index (Phi) is 4.41. The fourth-order valence-electron chi connectivity index (χ4n) is 1.28. The Hall–Kier alpha value is -0.750. The molecule has 0 saturated heterocycles. The Morgan fingerprint density at radius 1 is 1.20 bits per heavy atom. The lowest BCUT2D eigenvalue weighted by atomic mass is 10.1. The molecule has 1 N–H and O–H groups in total. The van der Waals surface area contributed by atoms with Crippen molar-refractivity contribution in [1.29, 1.82) is 5.26 Å². The minimum atomic E-state index is -0.374. The molecule has 2 nitrogen and oxygen atoms in total. The standard InChI is InChI=1S/C11H12Cl2N2/c1-7(2)15-11(6-14)8-3-9(12)5-10(13)4-8/h3-5,7,11,15H,1-2H3. The van der Waals surface area contributed by atoms with Crippen LogP contribution in [0, 0.1) is 11.3 Å². The van der Waals surface area contributed by atoms with Gasteiger partial charge in [-0.15, -0.1) is 0 Å². The van der Waals surface area contributed by atoms with Crippen LogP contribution in [0.25, 0.3) is 0 Å². The van der Waals surface area contributed by atoms with Gasteiger partial charge in [-0.25, -0.2) is 0 Å². The second kappa shape index (κ2) is 5.37. The average molecular weight is 243 g/mol. The second-order valence-corrected chi connectivity index (χ2v) is 4.46. The SMILES string of the molecule is CC(C)NC(C#N)c1cc(Cl)cc(Cl)c1. The molecule has 0 saturated carbocycles. The molecule has 0 spiro atoms. The summed E-state index contributed by atoms with van der Waals surface area (Å²) in [4.78, 5) is 0. The number of nitrogens with zero attached hydrogens (tertiary/aromatic N) is 1. The fraction of sp³-hybridized carbons (Fsp3) is 0.364. The highest BCUT2D eigenvalue weighted by molar-refractivity contribution is 6.34. The predicted molar refractivity (Wildman–Crippen MR) is 63.1 cm³/mol. The van der Waals surface area contributed by atoms with Crippen LogP contribution >= 0.6 is 23.2 Å². The van der Waals surface area contributed by atoms with Crippen LogP contribution in [0.15, 0.2) is 18.2 Å². The van der Waals surface area contributed by atoms with Gasteiger partial charge in [-0.3, -0.25) is 5.32 Å². The first kappa shape index (κ1) is 12.3. The first-order valence-corrected chi connectivity index (χ1v) is 5.40. The summed E-state index contributed by atoms with van der Waals surface area (Å²) in [6.45, 7) is 3.97. The van der Waals surface area contributed by atoms with Crippen molar-refractivity contribution in [1.82, 2.24) is 5.32 Å². The molecule has 4 heteroatoms. The molecular weight excluding hydrogens is 231 g/mol. The van der Waals surface area contributed by atoms with Gasteiger partial charge in [0.25, 0.3) is 0 Å².